The number of rotatable bonds is 4. The number of aliphatic hydroxyl groups excluding tert-OH is 1. The van der Waals surface area contributed by atoms with Gasteiger partial charge >= 0.3 is 0 Å². The van der Waals surface area contributed by atoms with E-state index in [4.69, 9.17) is 5.11 Å². The third kappa shape index (κ3) is 5.44. The fourth-order valence-corrected chi connectivity index (χ4v) is 3.81. The van der Waals surface area contributed by atoms with Crippen LogP contribution in [0.25, 0.3) is 33.6 Å². The highest BCUT2D eigenvalue weighted by Gasteiger charge is 2.10. The fourth-order valence-electron chi connectivity index (χ4n) is 3.81. The Morgan fingerprint density at radius 1 is 0.935 bits per heavy atom. The summed E-state index contributed by atoms with van der Waals surface area (Å²) in [5.41, 5.74) is 5.05. The van der Waals surface area contributed by atoms with Crippen molar-refractivity contribution in [2.24, 2.45) is 13.0 Å². The van der Waals surface area contributed by atoms with Crippen LogP contribution in [0.1, 0.15) is 32.1 Å². The summed E-state index contributed by atoms with van der Waals surface area (Å²) in [6, 6.07) is 8.14. The molecule has 160 valence electrons. The normalized spacial score (nSPS) is 14.1. The van der Waals surface area contributed by atoms with Gasteiger partial charge in [-0.1, -0.05) is 37.5 Å². The lowest BCUT2D eigenvalue weighted by molar-refractivity contribution is 0.190. The van der Waals surface area contributed by atoms with E-state index in [1.54, 1.807) is 10.9 Å². The van der Waals surface area contributed by atoms with Gasteiger partial charge in [0.05, 0.1) is 12.4 Å². The van der Waals surface area contributed by atoms with E-state index in [1.165, 1.54) is 32.1 Å². The van der Waals surface area contributed by atoms with Crippen LogP contribution < -0.4 is 0 Å². The van der Waals surface area contributed by atoms with E-state index in [-0.39, 0.29) is 0 Å². The van der Waals surface area contributed by atoms with Crippen molar-refractivity contribution < 1.29 is 5.11 Å². The van der Waals surface area contributed by atoms with E-state index in [1.807, 2.05) is 50.2 Å². The SMILES string of the molecule is Cn1cc(-c2cccc(-c3ncc(-c4cn[nH]c4)cn3)c2)cn1.OCC1CCCCC1. The third-order valence-electron chi connectivity index (χ3n) is 5.63. The highest BCUT2D eigenvalue weighted by atomic mass is 16.3. The summed E-state index contributed by atoms with van der Waals surface area (Å²) < 4.78 is 1.79. The van der Waals surface area contributed by atoms with Gasteiger partial charge in [0.1, 0.15) is 0 Å². The largest absolute Gasteiger partial charge is 0.396 e. The zero-order valence-electron chi connectivity index (χ0n) is 17.8. The van der Waals surface area contributed by atoms with Gasteiger partial charge in [0, 0.05) is 60.7 Å². The molecule has 31 heavy (non-hydrogen) atoms. The number of aromatic amines is 1. The molecule has 1 aliphatic carbocycles. The number of hydrogen-bond donors (Lipinski definition) is 2. The fraction of sp³-hybridized carbons (Fsp3) is 0.333. The van der Waals surface area contributed by atoms with E-state index in [0.717, 1.165) is 27.8 Å². The van der Waals surface area contributed by atoms with Gasteiger partial charge in [-0.15, -0.1) is 0 Å². The highest BCUT2D eigenvalue weighted by Crippen LogP contribution is 2.25. The van der Waals surface area contributed by atoms with Crippen molar-refractivity contribution in [3.05, 3.63) is 61.4 Å². The molecule has 2 N–H and O–H groups in total. The summed E-state index contributed by atoms with van der Waals surface area (Å²) in [6.07, 6.45) is 17.6. The average Bonchev–Trinajstić information content (AvgIpc) is 3.53. The molecule has 0 spiro atoms. The average molecular weight is 417 g/mol. The molecule has 1 aromatic carbocycles. The summed E-state index contributed by atoms with van der Waals surface area (Å²) in [5.74, 6) is 1.34. The van der Waals surface area contributed by atoms with Gasteiger partial charge in [-0.05, 0) is 30.4 Å². The Hall–Kier alpha value is -3.32. The molecule has 4 aromatic rings. The second-order valence-electron chi connectivity index (χ2n) is 7.95. The van der Waals surface area contributed by atoms with Crippen molar-refractivity contribution >= 4 is 0 Å². The van der Waals surface area contributed by atoms with Crippen LogP contribution in [0.3, 0.4) is 0 Å². The van der Waals surface area contributed by atoms with Gasteiger partial charge in [0.25, 0.3) is 0 Å². The van der Waals surface area contributed by atoms with Crippen molar-refractivity contribution in [1.29, 1.82) is 0 Å². The Morgan fingerprint density at radius 3 is 2.32 bits per heavy atom. The van der Waals surface area contributed by atoms with Crippen LogP contribution in [-0.4, -0.2) is 41.7 Å². The maximum Gasteiger partial charge on any atom is 0.159 e. The molecule has 7 nitrogen and oxygen atoms in total. The van der Waals surface area contributed by atoms with Gasteiger partial charge in [-0.2, -0.15) is 10.2 Å². The number of hydrogen-bond acceptors (Lipinski definition) is 5. The summed E-state index contributed by atoms with van der Waals surface area (Å²) in [4.78, 5) is 8.94. The molecule has 7 heteroatoms. The first-order valence-electron chi connectivity index (χ1n) is 10.7. The minimum Gasteiger partial charge on any atom is -0.396 e. The van der Waals surface area contributed by atoms with E-state index in [0.29, 0.717) is 18.3 Å². The number of nitrogens with one attached hydrogen (secondary N) is 1. The highest BCUT2D eigenvalue weighted by molar-refractivity contribution is 5.70. The third-order valence-corrected chi connectivity index (χ3v) is 5.63. The minimum atomic E-state index is 0.417. The molecule has 3 aromatic heterocycles. The molecule has 1 saturated carbocycles. The molecule has 1 aliphatic rings. The topological polar surface area (TPSA) is 92.5 Å². The van der Waals surface area contributed by atoms with Crippen LogP contribution in [-0.2, 0) is 7.05 Å². The molecule has 0 radical (unpaired) electrons. The summed E-state index contributed by atoms with van der Waals surface area (Å²) in [7, 11) is 1.91. The maximum absolute atomic E-state index is 8.69. The molecule has 0 bridgehead atoms. The second kappa shape index (κ2) is 10.1. The Labute approximate surface area is 182 Å². The lowest BCUT2D eigenvalue weighted by atomic mass is 9.90. The van der Waals surface area contributed by atoms with Gasteiger partial charge < -0.3 is 5.11 Å². The number of aromatic nitrogens is 6. The lowest BCUT2D eigenvalue weighted by Crippen LogP contribution is -2.09. The van der Waals surface area contributed by atoms with Crippen molar-refractivity contribution in [2.75, 3.05) is 6.61 Å². The molecule has 0 unspecified atom stereocenters. The van der Waals surface area contributed by atoms with Gasteiger partial charge in [0.15, 0.2) is 5.82 Å². The number of aryl methyl sites for hydroxylation is 1. The predicted octanol–water partition coefficient (Wildman–Crippen LogP) is 4.49. The van der Waals surface area contributed by atoms with Crippen molar-refractivity contribution in [2.45, 2.75) is 32.1 Å². The molecular formula is C24H28N6O. The van der Waals surface area contributed by atoms with Crippen LogP contribution in [0.15, 0.2) is 61.4 Å². The van der Waals surface area contributed by atoms with Crippen molar-refractivity contribution in [3.8, 4) is 33.6 Å². The smallest absolute Gasteiger partial charge is 0.159 e. The molecule has 0 saturated heterocycles. The molecule has 3 heterocycles. The molecular weight excluding hydrogens is 388 g/mol. The summed E-state index contributed by atoms with van der Waals surface area (Å²) in [5, 5.41) is 19.6. The van der Waals surface area contributed by atoms with E-state index < -0.39 is 0 Å². The van der Waals surface area contributed by atoms with Gasteiger partial charge in [-0.3, -0.25) is 9.78 Å². The van der Waals surface area contributed by atoms with Crippen LogP contribution >= 0.6 is 0 Å². The second-order valence-corrected chi connectivity index (χ2v) is 7.95. The predicted molar refractivity (Wildman–Crippen MR) is 121 cm³/mol. The van der Waals surface area contributed by atoms with E-state index in [2.05, 4.69) is 37.4 Å². The molecule has 1 fully saturated rings. The van der Waals surface area contributed by atoms with Crippen LogP contribution in [0.2, 0.25) is 0 Å². The number of benzene rings is 1. The molecule has 5 rings (SSSR count). The number of aliphatic hydroxyl groups is 1. The monoisotopic (exact) mass is 416 g/mol. The van der Waals surface area contributed by atoms with E-state index >= 15 is 0 Å². The van der Waals surface area contributed by atoms with Gasteiger partial charge in [0.2, 0.25) is 0 Å². The summed E-state index contributed by atoms with van der Waals surface area (Å²) >= 11 is 0. The first-order chi connectivity index (χ1) is 15.2. The van der Waals surface area contributed by atoms with Crippen LogP contribution in [0.4, 0.5) is 0 Å². The van der Waals surface area contributed by atoms with Crippen LogP contribution in [0.5, 0.6) is 0 Å². The first-order valence-corrected chi connectivity index (χ1v) is 10.7. The zero-order valence-corrected chi connectivity index (χ0v) is 17.8. The Morgan fingerprint density at radius 2 is 1.71 bits per heavy atom. The molecule has 0 aliphatic heterocycles. The minimum absolute atomic E-state index is 0.417. The van der Waals surface area contributed by atoms with Gasteiger partial charge in [-0.25, -0.2) is 9.97 Å². The summed E-state index contributed by atoms with van der Waals surface area (Å²) in [6.45, 7) is 0.417. The number of H-pyrrole nitrogens is 1. The Kier molecular flexibility index (Phi) is 6.84. The molecule has 0 amide bonds. The van der Waals surface area contributed by atoms with Crippen molar-refractivity contribution in [3.63, 3.8) is 0 Å². The lowest BCUT2D eigenvalue weighted by Gasteiger charge is -2.18. The maximum atomic E-state index is 8.69. The first kappa shape index (κ1) is 20.9. The zero-order chi connectivity index (χ0) is 21.5. The standard InChI is InChI=1S/C17H14N6.C7H14O/c1-23-11-16(10-22-23)12-3-2-4-13(5-12)17-18-6-14(7-19-17)15-8-20-21-9-15;8-6-7-4-2-1-3-5-7/h2-11H,1H3,(H,20,21);7-8H,1-6H2. The van der Waals surface area contributed by atoms with Crippen molar-refractivity contribution in [1.82, 2.24) is 29.9 Å². The molecule has 0 atom stereocenters. The van der Waals surface area contributed by atoms with Crippen LogP contribution in [0, 0.1) is 5.92 Å². The number of nitrogens with zero attached hydrogens (tertiary/aromatic N) is 5. The Bertz CT molecular complexity index is 1070. The van der Waals surface area contributed by atoms with E-state index in [9.17, 15) is 0 Å². The quantitative estimate of drug-likeness (QED) is 0.511. The Balaban J connectivity index is 0.000000245.